The van der Waals surface area contributed by atoms with E-state index < -0.39 is 0 Å². The zero-order chi connectivity index (χ0) is 23.9. The Bertz CT molecular complexity index is 1230. The second-order valence-electron chi connectivity index (χ2n) is 8.61. The number of hydrogen-bond donors (Lipinski definition) is 1. The molecule has 34 heavy (non-hydrogen) atoms. The number of benzene rings is 3. The van der Waals surface area contributed by atoms with Crippen LogP contribution >= 0.6 is 11.6 Å². The second kappa shape index (κ2) is 11.2. The highest BCUT2D eigenvalue weighted by Crippen LogP contribution is 2.20. The molecule has 0 saturated carbocycles. The number of carbonyl (C=O) groups excluding carboxylic acids is 1. The van der Waals surface area contributed by atoms with Crippen molar-refractivity contribution in [2.75, 3.05) is 13.2 Å². The van der Waals surface area contributed by atoms with Crippen molar-refractivity contribution in [2.45, 2.75) is 39.2 Å². The number of nitrogens with zero attached hydrogens (tertiary/aromatic N) is 2. The number of ether oxygens (including phenoxy) is 1. The number of amides is 1. The summed E-state index contributed by atoms with van der Waals surface area (Å²) < 4.78 is 8.19. The quantitative estimate of drug-likeness (QED) is 0.275. The van der Waals surface area contributed by atoms with Gasteiger partial charge in [0.15, 0.2) is 0 Å². The number of aryl methyl sites for hydroxylation is 1. The summed E-state index contributed by atoms with van der Waals surface area (Å²) in [7, 11) is 0. The molecule has 0 fully saturated rings. The number of hydrogen-bond acceptors (Lipinski definition) is 3. The molecular formula is C28H30ClN3O2. The highest BCUT2D eigenvalue weighted by atomic mass is 35.5. The molecule has 0 aliphatic heterocycles. The van der Waals surface area contributed by atoms with Gasteiger partial charge in [-0.2, -0.15) is 0 Å². The predicted octanol–water partition coefficient (Wildman–Crippen LogP) is 6.25. The third kappa shape index (κ3) is 5.97. The van der Waals surface area contributed by atoms with Crippen LogP contribution in [0.4, 0.5) is 0 Å². The van der Waals surface area contributed by atoms with Gasteiger partial charge in [0.1, 0.15) is 11.6 Å². The average Bonchev–Trinajstić information content (AvgIpc) is 3.19. The van der Waals surface area contributed by atoms with E-state index in [-0.39, 0.29) is 5.91 Å². The van der Waals surface area contributed by atoms with Crippen molar-refractivity contribution in [1.82, 2.24) is 14.9 Å². The fourth-order valence-electron chi connectivity index (χ4n) is 3.92. The lowest BCUT2D eigenvalue weighted by molar-refractivity contribution is 0.0954. The van der Waals surface area contributed by atoms with Crippen molar-refractivity contribution in [1.29, 1.82) is 0 Å². The topological polar surface area (TPSA) is 56.1 Å². The highest BCUT2D eigenvalue weighted by molar-refractivity contribution is 6.30. The summed E-state index contributed by atoms with van der Waals surface area (Å²) >= 11 is 5.91. The van der Waals surface area contributed by atoms with Crippen molar-refractivity contribution in [3.8, 4) is 5.75 Å². The van der Waals surface area contributed by atoms with E-state index in [0.717, 1.165) is 35.6 Å². The van der Waals surface area contributed by atoms with Crippen molar-refractivity contribution < 1.29 is 9.53 Å². The summed E-state index contributed by atoms with van der Waals surface area (Å²) in [6, 6.07) is 23.3. The Morgan fingerprint density at radius 3 is 2.50 bits per heavy atom. The molecule has 0 aliphatic carbocycles. The highest BCUT2D eigenvalue weighted by Gasteiger charge is 2.12. The van der Waals surface area contributed by atoms with E-state index in [9.17, 15) is 4.79 Å². The summed E-state index contributed by atoms with van der Waals surface area (Å²) in [4.78, 5) is 17.2. The standard InChI is InChI=1S/C28H30ClN3O2/c1-20(2)21-10-14-24(15-11-21)34-19-5-18-32-26-7-4-3-6-25(26)31-27(32)16-17-30-28(33)22-8-12-23(29)13-9-22/h3-4,6-15,20H,5,16-19H2,1-2H3,(H,30,33). The molecule has 4 rings (SSSR count). The summed E-state index contributed by atoms with van der Waals surface area (Å²) in [5.41, 5.74) is 3.97. The Kier molecular flexibility index (Phi) is 7.86. The van der Waals surface area contributed by atoms with Crippen LogP contribution in [0.25, 0.3) is 11.0 Å². The Balaban J connectivity index is 1.35. The first-order chi connectivity index (χ1) is 16.5. The fourth-order valence-corrected chi connectivity index (χ4v) is 4.04. The van der Waals surface area contributed by atoms with Crippen LogP contribution in [0.2, 0.25) is 5.02 Å². The van der Waals surface area contributed by atoms with Crippen LogP contribution in [-0.4, -0.2) is 28.6 Å². The third-order valence-corrected chi connectivity index (χ3v) is 6.07. The van der Waals surface area contributed by atoms with Crippen LogP contribution in [0.1, 0.15) is 47.9 Å². The van der Waals surface area contributed by atoms with Gasteiger partial charge in [-0.05, 0) is 66.4 Å². The molecule has 0 aliphatic rings. The summed E-state index contributed by atoms with van der Waals surface area (Å²) in [6.45, 7) is 6.30. The summed E-state index contributed by atoms with van der Waals surface area (Å²) in [6.07, 6.45) is 1.50. The van der Waals surface area contributed by atoms with Crippen LogP contribution in [0, 0.1) is 0 Å². The molecule has 0 atom stereocenters. The maximum absolute atomic E-state index is 12.4. The molecule has 6 heteroatoms. The van der Waals surface area contributed by atoms with E-state index in [1.165, 1.54) is 5.56 Å². The van der Waals surface area contributed by atoms with Crippen molar-refractivity contribution >= 4 is 28.5 Å². The molecule has 1 N–H and O–H groups in total. The Labute approximate surface area is 205 Å². The van der Waals surface area contributed by atoms with E-state index in [1.807, 2.05) is 30.3 Å². The number of nitrogens with one attached hydrogen (secondary N) is 1. The van der Waals surface area contributed by atoms with Gasteiger partial charge in [0.25, 0.3) is 5.91 Å². The number of carbonyl (C=O) groups is 1. The molecular weight excluding hydrogens is 446 g/mol. The van der Waals surface area contributed by atoms with E-state index in [2.05, 4.69) is 41.9 Å². The van der Waals surface area contributed by atoms with Crippen LogP contribution in [0.3, 0.4) is 0 Å². The maximum Gasteiger partial charge on any atom is 0.251 e. The Morgan fingerprint density at radius 2 is 1.76 bits per heavy atom. The van der Waals surface area contributed by atoms with Crippen molar-refractivity contribution in [3.63, 3.8) is 0 Å². The molecule has 0 saturated heterocycles. The SMILES string of the molecule is CC(C)c1ccc(OCCCn2c(CCNC(=O)c3ccc(Cl)cc3)nc3ccccc32)cc1. The number of imidazole rings is 1. The number of rotatable bonds is 10. The smallest absolute Gasteiger partial charge is 0.251 e. The zero-order valence-electron chi connectivity index (χ0n) is 19.6. The monoisotopic (exact) mass is 475 g/mol. The molecule has 0 unspecified atom stereocenters. The van der Waals surface area contributed by atoms with E-state index in [0.29, 0.717) is 36.1 Å². The van der Waals surface area contributed by atoms with Crippen LogP contribution in [0.15, 0.2) is 72.8 Å². The molecule has 1 amide bonds. The molecule has 0 radical (unpaired) electrons. The molecule has 1 aromatic heterocycles. The Morgan fingerprint density at radius 1 is 1.03 bits per heavy atom. The lowest BCUT2D eigenvalue weighted by Gasteiger charge is -2.12. The first-order valence-corrected chi connectivity index (χ1v) is 12.1. The average molecular weight is 476 g/mol. The molecule has 0 spiro atoms. The predicted molar refractivity (Wildman–Crippen MR) is 138 cm³/mol. The largest absolute Gasteiger partial charge is 0.494 e. The van der Waals surface area contributed by atoms with Crippen LogP contribution in [0.5, 0.6) is 5.75 Å². The van der Waals surface area contributed by atoms with Crippen molar-refractivity contribution in [2.24, 2.45) is 0 Å². The first-order valence-electron chi connectivity index (χ1n) is 11.7. The third-order valence-electron chi connectivity index (χ3n) is 5.82. The van der Waals surface area contributed by atoms with E-state index in [4.69, 9.17) is 21.3 Å². The number of fused-ring (bicyclic) bond motifs is 1. The molecule has 4 aromatic rings. The minimum absolute atomic E-state index is 0.115. The van der Waals surface area contributed by atoms with Gasteiger partial charge >= 0.3 is 0 Å². The minimum atomic E-state index is -0.115. The van der Waals surface area contributed by atoms with Crippen LogP contribution < -0.4 is 10.1 Å². The van der Waals surface area contributed by atoms with Gasteiger partial charge in [0, 0.05) is 30.1 Å². The van der Waals surface area contributed by atoms with E-state index in [1.54, 1.807) is 24.3 Å². The number of aromatic nitrogens is 2. The molecule has 0 bridgehead atoms. The van der Waals surface area contributed by atoms with Crippen molar-refractivity contribution in [3.05, 3.63) is 94.8 Å². The summed E-state index contributed by atoms with van der Waals surface area (Å²) in [5.74, 6) is 2.25. The number of para-hydroxylation sites is 2. The lowest BCUT2D eigenvalue weighted by Crippen LogP contribution is -2.26. The maximum atomic E-state index is 12.4. The molecule has 176 valence electrons. The second-order valence-corrected chi connectivity index (χ2v) is 9.04. The minimum Gasteiger partial charge on any atom is -0.494 e. The molecule has 3 aromatic carbocycles. The normalized spacial score (nSPS) is 11.2. The van der Waals surface area contributed by atoms with Gasteiger partial charge in [-0.1, -0.05) is 49.7 Å². The fraction of sp³-hybridized carbons (Fsp3) is 0.286. The van der Waals surface area contributed by atoms with Gasteiger partial charge in [-0.15, -0.1) is 0 Å². The van der Waals surface area contributed by atoms with E-state index >= 15 is 0 Å². The first kappa shape index (κ1) is 23.8. The number of halogens is 1. The van der Waals surface area contributed by atoms with Gasteiger partial charge < -0.3 is 14.6 Å². The Hall–Kier alpha value is -3.31. The van der Waals surface area contributed by atoms with Crippen LogP contribution in [-0.2, 0) is 13.0 Å². The van der Waals surface area contributed by atoms with Gasteiger partial charge in [0.05, 0.1) is 17.6 Å². The van der Waals surface area contributed by atoms with Gasteiger partial charge in [-0.3, -0.25) is 4.79 Å². The van der Waals surface area contributed by atoms with Gasteiger partial charge in [-0.25, -0.2) is 4.98 Å². The lowest BCUT2D eigenvalue weighted by atomic mass is 10.0. The summed E-state index contributed by atoms with van der Waals surface area (Å²) in [5, 5.41) is 3.59. The molecule has 1 heterocycles. The van der Waals surface area contributed by atoms with Gasteiger partial charge in [0.2, 0.25) is 0 Å². The zero-order valence-corrected chi connectivity index (χ0v) is 20.4. The molecule has 5 nitrogen and oxygen atoms in total.